The van der Waals surface area contributed by atoms with Crippen LogP contribution in [0.1, 0.15) is 0 Å². The number of hydrogen-bond donors (Lipinski definition) is 0. The number of methoxy groups -OCH3 is 1. The minimum absolute atomic E-state index is 0.316. The molecule has 0 spiro atoms. The van der Waals surface area contributed by atoms with Crippen molar-refractivity contribution < 1.29 is 39.1 Å². The summed E-state index contributed by atoms with van der Waals surface area (Å²) in [4.78, 5) is -0.489. The average Bonchev–Trinajstić information content (AvgIpc) is 2.35. The Kier molecular flexibility index (Phi) is 4.69. The fraction of sp³-hybridized carbons (Fsp3) is 0.333. The third-order valence-corrected chi connectivity index (χ3v) is 4.22. The van der Waals surface area contributed by atoms with Crippen LogP contribution in [0.5, 0.6) is 5.75 Å². The zero-order valence-corrected chi connectivity index (χ0v) is 11.6. The summed E-state index contributed by atoms with van der Waals surface area (Å²) in [5, 5.41) is -4.84. The van der Waals surface area contributed by atoms with E-state index >= 15 is 0 Å². The highest BCUT2D eigenvalue weighted by Crippen LogP contribution is 2.24. The molecule has 0 radical (unpaired) electrons. The molecule has 0 unspecified atom stereocenters. The van der Waals surface area contributed by atoms with Crippen LogP contribution in [-0.4, -0.2) is 40.4 Å². The second-order valence-corrected chi connectivity index (χ2v) is 6.60. The highest BCUT2D eigenvalue weighted by atomic mass is 32.2. The van der Waals surface area contributed by atoms with Gasteiger partial charge in [-0.25, -0.2) is 8.42 Å². The largest absolute Gasteiger partial charge is 0.743 e. The Morgan fingerprint density at radius 2 is 1.65 bits per heavy atom. The highest BCUT2D eigenvalue weighted by Gasteiger charge is 2.40. The van der Waals surface area contributed by atoms with Crippen molar-refractivity contribution in [2.45, 2.75) is 10.2 Å². The van der Waals surface area contributed by atoms with Gasteiger partial charge in [-0.3, -0.25) is 4.18 Å². The van der Waals surface area contributed by atoms with Gasteiger partial charge in [0.05, 0.1) is 12.0 Å². The predicted octanol–water partition coefficient (Wildman–Crippen LogP) is 0.539. The topological polar surface area (TPSA) is 110 Å². The maximum absolute atomic E-state index is 12.8. The first-order chi connectivity index (χ1) is 8.99. The van der Waals surface area contributed by atoms with Gasteiger partial charge in [0.15, 0.2) is 10.1 Å². The number of benzene rings is 1. The molecule has 0 aliphatic rings. The van der Waals surface area contributed by atoms with Gasteiger partial charge < -0.3 is 9.29 Å². The molecule has 0 amide bonds. The summed E-state index contributed by atoms with van der Waals surface area (Å²) in [5.41, 5.74) is 0. The fourth-order valence-corrected chi connectivity index (χ4v) is 2.22. The highest BCUT2D eigenvalue weighted by molar-refractivity contribution is 7.87. The van der Waals surface area contributed by atoms with E-state index in [0.29, 0.717) is 5.75 Å². The monoisotopic (exact) mass is 331 g/mol. The first-order valence-corrected chi connectivity index (χ1v) is 7.68. The summed E-state index contributed by atoms with van der Waals surface area (Å²) < 4.78 is 87.8. The van der Waals surface area contributed by atoms with Gasteiger partial charge in [0.2, 0.25) is 0 Å². The summed E-state index contributed by atoms with van der Waals surface area (Å²) in [5.74, 6) is 0.316. The van der Waals surface area contributed by atoms with E-state index in [-0.39, 0.29) is 0 Å². The lowest BCUT2D eigenvalue weighted by Gasteiger charge is -2.19. The number of halogens is 2. The first-order valence-electron chi connectivity index (χ1n) is 4.86. The lowest BCUT2D eigenvalue weighted by molar-refractivity contribution is 0.0303. The zero-order chi connectivity index (χ0) is 15.6. The molecule has 11 heteroatoms. The lowest BCUT2D eigenvalue weighted by Crippen LogP contribution is -2.34. The minimum atomic E-state index is -6.01. The van der Waals surface area contributed by atoms with Gasteiger partial charge >= 0.3 is 5.25 Å². The predicted molar refractivity (Wildman–Crippen MR) is 60.8 cm³/mol. The third kappa shape index (κ3) is 3.85. The van der Waals surface area contributed by atoms with Gasteiger partial charge in [-0.05, 0) is 24.3 Å². The second kappa shape index (κ2) is 5.60. The van der Waals surface area contributed by atoms with Crippen LogP contribution in [0.25, 0.3) is 0 Å². The van der Waals surface area contributed by atoms with Gasteiger partial charge in [-0.2, -0.15) is 17.2 Å². The van der Waals surface area contributed by atoms with Gasteiger partial charge in [-0.1, -0.05) is 0 Å². The van der Waals surface area contributed by atoms with Gasteiger partial charge in [0.1, 0.15) is 12.4 Å². The molecule has 0 bridgehead atoms. The Balaban J connectivity index is 2.90. The van der Waals surface area contributed by atoms with E-state index in [2.05, 4.69) is 4.18 Å². The molecule has 0 aliphatic heterocycles. The molecule has 1 aromatic rings. The standard InChI is InChI=1S/C9H10F2O7S2/c1-17-7-2-4-8(5-3-7)19(12,13)18-6-9(10,11)20(14,15)16/h2-5H,6H2,1H3,(H,14,15,16)/p-1. The van der Waals surface area contributed by atoms with Crippen LogP contribution in [0, 0.1) is 0 Å². The number of ether oxygens (including phenoxy) is 1. The van der Waals surface area contributed by atoms with Crippen molar-refractivity contribution in [1.29, 1.82) is 0 Å². The molecule has 20 heavy (non-hydrogen) atoms. The normalized spacial score (nSPS) is 13.2. The molecule has 7 nitrogen and oxygen atoms in total. The van der Waals surface area contributed by atoms with Gasteiger partial charge in [-0.15, -0.1) is 0 Å². The van der Waals surface area contributed by atoms with Crippen molar-refractivity contribution >= 4 is 20.2 Å². The molecule has 0 saturated heterocycles. The summed E-state index contributed by atoms with van der Waals surface area (Å²) in [6.45, 7) is -2.09. The van der Waals surface area contributed by atoms with Crippen LogP contribution in [0.15, 0.2) is 29.2 Å². The van der Waals surface area contributed by atoms with Crippen LogP contribution in [-0.2, 0) is 24.4 Å². The van der Waals surface area contributed by atoms with Gasteiger partial charge in [0.25, 0.3) is 10.1 Å². The van der Waals surface area contributed by atoms with Crippen LogP contribution < -0.4 is 4.74 Å². The molecule has 0 aromatic heterocycles. The summed E-state index contributed by atoms with van der Waals surface area (Å²) >= 11 is 0. The Hall–Kier alpha value is -1.30. The van der Waals surface area contributed by atoms with Crippen molar-refractivity contribution in [3.05, 3.63) is 24.3 Å². The second-order valence-electron chi connectivity index (χ2n) is 3.48. The van der Waals surface area contributed by atoms with E-state index in [9.17, 15) is 30.2 Å². The molecular formula is C9H9F2O7S2-. The Morgan fingerprint density at radius 1 is 1.15 bits per heavy atom. The molecule has 114 valence electrons. The summed E-state index contributed by atoms with van der Waals surface area (Å²) in [7, 11) is -9.30. The number of rotatable bonds is 6. The van der Waals surface area contributed by atoms with Crippen LogP contribution in [0.2, 0.25) is 0 Å². The average molecular weight is 331 g/mol. The third-order valence-electron chi connectivity index (χ3n) is 2.10. The molecule has 1 aromatic carbocycles. The Labute approximate surface area is 114 Å². The maximum atomic E-state index is 12.8. The van der Waals surface area contributed by atoms with E-state index in [1.54, 1.807) is 0 Å². The smallest absolute Gasteiger partial charge is 0.358 e. The van der Waals surface area contributed by atoms with E-state index in [1.165, 1.54) is 19.2 Å². The van der Waals surface area contributed by atoms with Crippen molar-refractivity contribution in [2.24, 2.45) is 0 Å². The summed E-state index contributed by atoms with van der Waals surface area (Å²) in [6, 6.07) is 4.49. The molecular weight excluding hydrogens is 322 g/mol. The molecule has 1 rings (SSSR count). The van der Waals surface area contributed by atoms with E-state index in [0.717, 1.165) is 12.1 Å². The molecule has 0 heterocycles. The van der Waals surface area contributed by atoms with E-state index in [1.807, 2.05) is 0 Å². The fourth-order valence-electron chi connectivity index (χ4n) is 1.03. The SMILES string of the molecule is COc1ccc(S(=O)(=O)OCC(F)(F)S(=O)(=O)[O-])cc1. The lowest BCUT2D eigenvalue weighted by atomic mass is 10.3. The Bertz CT molecular complexity index is 665. The number of hydrogen-bond acceptors (Lipinski definition) is 7. The summed E-state index contributed by atoms with van der Waals surface area (Å²) in [6.07, 6.45) is 0. The van der Waals surface area contributed by atoms with Crippen molar-refractivity contribution in [3.8, 4) is 5.75 Å². The van der Waals surface area contributed by atoms with Gasteiger partial charge in [0, 0.05) is 0 Å². The maximum Gasteiger partial charge on any atom is 0.358 e. The Morgan fingerprint density at radius 3 is 2.05 bits per heavy atom. The molecule has 0 aliphatic carbocycles. The van der Waals surface area contributed by atoms with Crippen molar-refractivity contribution in [3.63, 3.8) is 0 Å². The van der Waals surface area contributed by atoms with Crippen LogP contribution in [0.4, 0.5) is 8.78 Å². The molecule has 0 saturated carbocycles. The van der Waals surface area contributed by atoms with Crippen LogP contribution in [0.3, 0.4) is 0 Å². The number of alkyl halides is 2. The van der Waals surface area contributed by atoms with Crippen LogP contribution >= 0.6 is 0 Å². The molecule has 0 fully saturated rings. The molecule has 0 atom stereocenters. The molecule has 0 N–H and O–H groups in total. The van der Waals surface area contributed by atoms with E-state index < -0.39 is 37.0 Å². The van der Waals surface area contributed by atoms with Crippen molar-refractivity contribution in [2.75, 3.05) is 13.7 Å². The quantitative estimate of drug-likeness (QED) is 0.552. The first kappa shape index (κ1) is 16.8. The zero-order valence-electron chi connectivity index (χ0n) is 9.95. The van der Waals surface area contributed by atoms with Crippen molar-refractivity contribution in [1.82, 2.24) is 0 Å². The van der Waals surface area contributed by atoms with E-state index in [4.69, 9.17) is 4.74 Å². The minimum Gasteiger partial charge on any atom is -0.743 e.